The molecule has 106 valence electrons. The fraction of sp³-hybridized carbons (Fsp3) is 0.429. The van der Waals surface area contributed by atoms with Crippen molar-refractivity contribution >= 4 is 5.96 Å². The molecule has 1 atom stereocenters. The van der Waals surface area contributed by atoms with Gasteiger partial charge >= 0.3 is 0 Å². The van der Waals surface area contributed by atoms with Crippen molar-refractivity contribution in [2.24, 2.45) is 10.7 Å². The first-order valence-corrected chi connectivity index (χ1v) is 6.53. The molecule has 1 unspecified atom stereocenters. The van der Waals surface area contributed by atoms with Gasteiger partial charge in [0.05, 0.1) is 24.3 Å². The summed E-state index contributed by atoms with van der Waals surface area (Å²) in [6, 6.07) is 6.14. The van der Waals surface area contributed by atoms with Crippen LogP contribution in [0.5, 0.6) is 0 Å². The van der Waals surface area contributed by atoms with Crippen LogP contribution >= 0.6 is 0 Å². The Morgan fingerprint density at radius 1 is 1.60 bits per heavy atom. The number of rotatable bonds is 4. The van der Waals surface area contributed by atoms with E-state index in [0.29, 0.717) is 17.7 Å². The SMILES string of the molecule is N#Cc1ccc(F)c(CN=C(N)NCC2CCCO2)c1. The molecule has 0 saturated carbocycles. The van der Waals surface area contributed by atoms with Crippen molar-refractivity contribution in [2.75, 3.05) is 13.2 Å². The summed E-state index contributed by atoms with van der Waals surface area (Å²) in [6.45, 7) is 1.50. The van der Waals surface area contributed by atoms with Gasteiger partial charge in [-0.2, -0.15) is 5.26 Å². The number of ether oxygens (including phenoxy) is 1. The molecule has 1 aliphatic heterocycles. The Balaban J connectivity index is 1.89. The van der Waals surface area contributed by atoms with E-state index in [2.05, 4.69) is 10.3 Å². The second-order valence-electron chi connectivity index (χ2n) is 4.64. The van der Waals surface area contributed by atoms with Crippen LogP contribution in [0.25, 0.3) is 0 Å². The maximum atomic E-state index is 13.5. The topological polar surface area (TPSA) is 83.4 Å². The highest BCUT2D eigenvalue weighted by Crippen LogP contribution is 2.12. The van der Waals surface area contributed by atoms with Crippen LogP contribution in [0.3, 0.4) is 0 Å². The summed E-state index contributed by atoms with van der Waals surface area (Å²) in [5, 5.41) is 11.7. The number of halogens is 1. The predicted octanol–water partition coefficient (Wildman–Crippen LogP) is 1.28. The van der Waals surface area contributed by atoms with E-state index in [1.165, 1.54) is 18.2 Å². The van der Waals surface area contributed by atoms with Crippen molar-refractivity contribution in [1.82, 2.24) is 5.32 Å². The minimum absolute atomic E-state index is 0.103. The molecule has 1 fully saturated rings. The van der Waals surface area contributed by atoms with E-state index in [9.17, 15) is 4.39 Å². The number of hydrogen-bond acceptors (Lipinski definition) is 3. The summed E-state index contributed by atoms with van der Waals surface area (Å²) in [5.74, 6) is -0.137. The van der Waals surface area contributed by atoms with Crippen LogP contribution in [0, 0.1) is 17.1 Å². The van der Waals surface area contributed by atoms with Crippen LogP contribution in [-0.4, -0.2) is 25.2 Å². The average molecular weight is 276 g/mol. The number of nitrogens with one attached hydrogen (secondary N) is 1. The predicted molar refractivity (Wildman–Crippen MR) is 73.4 cm³/mol. The fourth-order valence-corrected chi connectivity index (χ4v) is 2.02. The Hall–Kier alpha value is -2.13. The van der Waals surface area contributed by atoms with Gasteiger partial charge in [-0.1, -0.05) is 0 Å². The molecule has 0 amide bonds. The molecular weight excluding hydrogens is 259 g/mol. The number of nitrogens with two attached hydrogens (primary N) is 1. The molecule has 1 aliphatic rings. The van der Waals surface area contributed by atoms with Crippen LogP contribution in [0.4, 0.5) is 4.39 Å². The highest BCUT2D eigenvalue weighted by Gasteiger charge is 2.14. The van der Waals surface area contributed by atoms with Crippen LogP contribution < -0.4 is 11.1 Å². The van der Waals surface area contributed by atoms with Gasteiger partial charge in [-0.15, -0.1) is 0 Å². The van der Waals surface area contributed by atoms with E-state index in [0.717, 1.165) is 19.4 Å². The lowest BCUT2D eigenvalue weighted by Crippen LogP contribution is -2.37. The zero-order valence-corrected chi connectivity index (χ0v) is 11.1. The molecule has 1 saturated heterocycles. The Labute approximate surface area is 117 Å². The van der Waals surface area contributed by atoms with Crippen molar-refractivity contribution in [3.8, 4) is 6.07 Å². The quantitative estimate of drug-likeness (QED) is 0.641. The van der Waals surface area contributed by atoms with Crippen LogP contribution in [0.2, 0.25) is 0 Å². The second kappa shape index (κ2) is 6.87. The maximum Gasteiger partial charge on any atom is 0.189 e. The lowest BCUT2D eigenvalue weighted by molar-refractivity contribution is 0.114. The Morgan fingerprint density at radius 3 is 3.15 bits per heavy atom. The third-order valence-electron chi connectivity index (χ3n) is 3.13. The number of nitrogens with zero attached hydrogens (tertiary/aromatic N) is 2. The van der Waals surface area contributed by atoms with Gasteiger partial charge in [0.2, 0.25) is 0 Å². The van der Waals surface area contributed by atoms with E-state index in [4.69, 9.17) is 15.7 Å². The summed E-state index contributed by atoms with van der Waals surface area (Å²) in [4.78, 5) is 4.07. The Morgan fingerprint density at radius 2 is 2.45 bits per heavy atom. The van der Waals surface area contributed by atoms with Gasteiger partial charge < -0.3 is 15.8 Å². The van der Waals surface area contributed by atoms with Crippen LogP contribution in [-0.2, 0) is 11.3 Å². The van der Waals surface area contributed by atoms with Gasteiger partial charge in [0.1, 0.15) is 5.82 Å². The lowest BCUT2D eigenvalue weighted by Gasteiger charge is -2.11. The third-order valence-corrected chi connectivity index (χ3v) is 3.13. The molecule has 0 spiro atoms. The summed E-state index contributed by atoms with van der Waals surface area (Å²) in [5.41, 5.74) is 6.47. The molecular formula is C14H17FN4O. The van der Waals surface area contributed by atoms with Crippen molar-refractivity contribution in [2.45, 2.75) is 25.5 Å². The summed E-state index contributed by atoms with van der Waals surface area (Å²) >= 11 is 0. The molecule has 1 aromatic rings. The van der Waals surface area contributed by atoms with Crippen LogP contribution in [0.15, 0.2) is 23.2 Å². The molecule has 1 aromatic carbocycles. The van der Waals surface area contributed by atoms with E-state index in [1.54, 1.807) is 0 Å². The molecule has 0 aliphatic carbocycles. The Bertz CT molecular complexity index is 532. The first-order valence-electron chi connectivity index (χ1n) is 6.53. The first kappa shape index (κ1) is 14.3. The van der Waals surface area contributed by atoms with Gasteiger partial charge in [-0.3, -0.25) is 0 Å². The second-order valence-corrected chi connectivity index (χ2v) is 4.64. The van der Waals surface area contributed by atoms with Gasteiger partial charge in [0, 0.05) is 18.7 Å². The first-order chi connectivity index (χ1) is 9.69. The monoisotopic (exact) mass is 276 g/mol. The minimum atomic E-state index is -0.389. The molecule has 0 aromatic heterocycles. The largest absolute Gasteiger partial charge is 0.376 e. The van der Waals surface area contributed by atoms with Gasteiger partial charge in [0.15, 0.2) is 5.96 Å². The van der Waals surface area contributed by atoms with Gasteiger partial charge in [-0.25, -0.2) is 9.38 Å². The van der Waals surface area contributed by atoms with Crippen LogP contribution in [0.1, 0.15) is 24.0 Å². The zero-order valence-electron chi connectivity index (χ0n) is 11.1. The highest BCUT2D eigenvalue weighted by atomic mass is 19.1. The molecule has 0 bridgehead atoms. The van der Waals surface area contributed by atoms with Crippen molar-refractivity contribution in [1.29, 1.82) is 5.26 Å². The third kappa shape index (κ3) is 3.93. The van der Waals surface area contributed by atoms with E-state index >= 15 is 0 Å². The van der Waals surface area contributed by atoms with E-state index < -0.39 is 0 Å². The number of nitriles is 1. The van der Waals surface area contributed by atoms with Gasteiger partial charge in [-0.05, 0) is 31.0 Å². The standard InChI is InChI=1S/C14H17FN4O/c15-13-4-3-10(7-16)6-11(13)8-18-14(17)19-9-12-2-1-5-20-12/h3-4,6,12H,1-2,5,8-9H2,(H3,17,18,19). The summed E-state index contributed by atoms with van der Waals surface area (Å²) < 4.78 is 19.0. The maximum absolute atomic E-state index is 13.5. The number of guanidine groups is 1. The molecule has 0 radical (unpaired) electrons. The summed E-state index contributed by atoms with van der Waals surface area (Å²) in [7, 11) is 0. The normalized spacial score (nSPS) is 18.8. The highest BCUT2D eigenvalue weighted by molar-refractivity contribution is 5.77. The van der Waals surface area contributed by atoms with Crippen molar-refractivity contribution in [3.63, 3.8) is 0 Å². The molecule has 1 heterocycles. The lowest BCUT2D eigenvalue weighted by atomic mass is 10.1. The van der Waals surface area contributed by atoms with E-state index in [1.807, 2.05) is 6.07 Å². The fourth-order valence-electron chi connectivity index (χ4n) is 2.02. The minimum Gasteiger partial charge on any atom is -0.376 e. The number of hydrogen-bond donors (Lipinski definition) is 2. The van der Waals surface area contributed by atoms with Crippen molar-refractivity contribution < 1.29 is 9.13 Å². The zero-order chi connectivity index (χ0) is 14.4. The Kier molecular flexibility index (Phi) is 4.91. The number of benzene rings is 1. The molecule has 6 heteroatoms. The molecule has 5 nitrogen and oxygen atoms in total. The average Bonchev–Trinajstić information content (AvgIpc) is 2.97. The van der Waals surface area contributed by atoms with E-state index in [-0.39, 0.29) is 24.4 Å². The van der Waals surface area contributed by atoms with Gasteiger partial charge in [0.25, 0.3) is 0 Å². The summed E-state index contributed by atoms with van der Waals surface area (Å²) in [6.07, 6.45) is 2.25. The van der Waals surface area contributed by atoms with Crippen molar-refractivity contribution in [3.05, 3.63) is 35.1 Å². The molecule has 3 N–H and O–H groups in total. The number of aliphatic imine (C=N–C) groups is 1. The smallest absolute Gasteiger partial charge is 0.189 e. The molecule has 2 rings (SSSR count). The molecule has 20 heavy (non-hydrogen) atoms.